The van der Waals surface area contributed by atoms with Crippen molar-refractivity contribution in [3.8, 4) is 5.75 Å². The van der Waals surface area contributed by atoms with Crippen LogP contribution >= 0.6 is 11.6 Å². The smallest absolute Gasteiger partial charge is 0.335 e. The summed E-state index contributed by atoms with van der Waals surface area (Å²) in [5, 5.41) is 49.8. The summed E-state index contributed by atoms with van der Waals surface area (Å²) in [4.78, 5) is 37.3. The van der Waals surface area contributed by atoms with E-state index in [-0.39, 0.29) is 5.75 Å². The third kappa shape index (κ3) is 4.66. The molecule has 1 saturated heterocycles. The van der Waals surface area contributed by atoms with E-state index in [0.29, 0.717) is 32.7 Å². The molecule has 0 amide bonds. The summed E-state index contributed by atoms with van der Waals surface area (Å²) < 4.78 is 11.4. The molecule has 1 aromatic heterocycles. The van der Waals surface area contributed by atoms with Crippen molar-refractivity contribution in [2.45, 2.75) is 44.1 Å². The summed E-state index contributed by atoms with van der Waals surface area (Å²) in [7, 11) is 0. The number of nitrogens with zero attached hydrogens (tertiary/aromatic N) is 1. The molecule has 36 heavy (non-hydrogen) atoms. The van der Waals surface area contributed by atoms with E-state index in [4.69, 9.17) is 26.2 Å². The molecule has 2 aromatic carbocycles. The van der Waals surface area contributed by atoms with Crippen LogP contribution in [0.2, 0.25) is 5.02 Å². The number of aromatic nitrogens is 1. The van der Waals surface area contributed by atoms with Crippen LogP contribution in [0.25, 0.3) is 10.9 Å². The van der Waals surface area contributed by atoms with Crippen LogP contribution in [0.4, 0.5) is 0 Å². The Labute approximate surface area is 208 Å². The van der Waals surface area contributed by atoms with Crippen molar-refractivity contribution in [1.29, 1.82) is 0 Å². The van der Waals surface area contributed by atoms with Gasteiger partial charge in [0.2, 0.25) is 6.29 Å². The predicted molar refractivity (Wildman–Crippen MR) is 124 cm³/mol. The Morgan fingerprint density at radius 3 is 2.33 bits per heavy atom. The van der Waals surface area contributed by atoms with E-state index in [0.717, 1.165) is 0 Å². The molecule has 11 nitrogen and oxygen atoms in total. The number of aliphatic hydroxyl groups is 3. The van der Waals surface area contributed by atoms with E-state index in [1.165, 1.54) is 22.8 Å². The fourth-order valence-corrected chi connectivity index (χ4v) is 4.27. The van der Waals surface area contributed by atoms with Crippen molar-refractivity contribution >= 4 is 40.3 Å². The van der Waals surface area contributed by atoms with Crippen LogP contribution < -0.4 is 0 Å². The largest absolute Gasteiger partial charge is 0.508 e. The molecular weight excluding hydrogens is 498 g/mol. The number of ether oxygens (including phenoxy) is 2. The Morgan fingerprint density at radius 1 is 1.03 bits per heavy atom. The lowest BCUT2D eigenvalue weighted by molar-refractivity contribution is -0.286. The molecule has 0 saturated carbocycles. The van der Waals surface area contributed by atoms with Crippen LogP contribution in [-0.2, 0) is 25.5 Å². The van der Waals surface area contributed by atoms with Gasteiger partial charge in [0.15, 0.2) is 6.10 Å². The molecule has 1 fully saturated rings. The molecule has 0 aliphatic carbocycles. The molecule has 1 aliphatic heterocycles. The van der Waals surface area contributed by atoms with Gasteiger partial charge in [-0.2, -0.15) is 0 Å². The number of fused-ring (bicyclic) bond motifs is 1. The van der Waals surface area contributed by atoms with E-state index in [1.54, 1.807) is 31.2 Å². The lowest BCUT2D eigenvalue weighted by Gasteiger charge is -2.37. The van der Waals surface area contributed by atoms with Crippen molar-refractivity contribution in [2.75, 3.05) is 0 Å². The van der Waals surface area contributed by atoms with Gasteiger partial charge in [-0.3, -0.25) is 14.2 Å². The van der Waals surface area contributed by atoms with E-state index >= 15 is 0 Å². The number of rotatable bonds is 5. The molecule has 0 radical (unpaired) electrons. The van der Waals surface area contributed by atoms with Gasteiger partial charge in [0.05, 0.1) is 11.9 Å². The van der Waals surface area contributed by atoms with E-state index in [1.807, 2.05) is 0 Å². The van der Waals surface area contributed by atoms with Crippen LogP contribution in [0.5, 0.6) is 5.75 Å². The minimum absolute atomic E-state index is 0.111. The zero-order chi connectivity index (χ0) is 26.3. The number of carbonyl (C=O) groups excluding carboxylic acids is 2. The molecule has 4 rings (SSSR count). The van der Waals surface area contributed by atoms with Crippen molar-refractivity contribution in [3.63, 3.8) is 0 Å². The van der Waals surface area contributed by atoms with Crippen LogP contribution in [0.15, 0.2) is 42.5 Å². The first-order chi connectivity index (χ1) is 17.0. The normalized spacial score (nSPS) is 24.0. The number of hydrogen-bond donors (Lipinski definition) is 5. The van der Waals surface area contributed by atoms with Gasteiger partial charge in [-0.25, -0.2) is 4.79 Å². The molecule has 12 heteroatoms. The first-order valence-corrected chi connectivity index (χ1v) is 11.1. The highest BCUT2D eigenvalue weighted by molar-refractivity contribution is 6.30. The number of phenols is 1. The Morgan fingerprint density at radius 2 is 1.69 bits per heavy atom. The number of benzene rings is 2. The third-order valence-electron chi connectivity index (χ3n) is 5.99. The summed E-state index contributed by atoms with van der Waals surface area (Å²) >= 11 is 5.91. The van der Waals surface area contributed by atoms with Gasteiger partial charge in [0, 0.05) is 21.7 Å². The van der Waals surface area contributed by atoms with Crippen LogP contribution in [0.3, 0.4) is 0 Å². The van der Waals surface area contributed by atoms with Crippen LogP contribution in [0.1, 0.15) is 21.6 Å². The SMILES string of the molecule is Cc1c(CC(=O)O[C@@H]2O[C@H](C(=O)O)[C@@H](O)[C@H](O)[C@H]2O)c2cc(O)ccc2n1C(=O)c1ccc(Cl)cc1. The lowest BCUT2D eigenvalue weighted by atomic mass is 9.99. The van der Waals surface area contributed by atoms with Crippen molar-refractivity contribution in [1.82, 2.24) is 4.57 Å². The topological polar surface area (TPSA) is 176 Å². The van der Waals surface area contributed by atoms with Gasteiger partial charge in [-0.1, -0.05) is 11.6 Å². The van der Waals surface area contributed by atoms with Crippen molar-refractivity contribution in [2.24, 2.45) is 0 Å². The predicted octanol–water partition coefficient (Wildman–Crippen LogP) is 0.975. The van der Waals surface area contributed by atoms with Gasteiger partial charge < -0.3 is 35.0 Å². The van der Waals surface area contributed by atoms with Gasteiger partial charge in [-0.15, -0.1) is 0 Å². The molecule has 0 bridgehead atoms. The second-order valence-electron chi connectivity index (χ2n) is 8.31. The van der Waals surface area contributed by atoms with Gasteiger partial charge in [0.1, 0.15) is 24.1 Å². The second-order valence-corrected chi connectivity index (χ2v) is 8.75. The summed E-state index contributed by atoms with van der Waals surface area (Å²) in [5.41, 5.74) is 1.43. The molecule has 0 unspecified atom stereocenters. The fraction of sp³-hybridized carbons (Fsp3) is 0.292. The lowest BCUT2D eigenvalue weighted by Crippen LogP contribution is -2.60. The maximum atomic E-state index is 13.3. The molecule has 3 aromatic rings. The number of halogens is 1. The summed E-state index contributed by atoms with van der Waals surface area (Å²) in [6.45, 7) is 1.60. The molecule has 1 aliphatic rings. The number of aliphatic carboxylic acids is 1. The zero-order valence-electron chi connectivity index (χ0n) is 18.7. The van der Waals surface area contributed by atoms with E-state index < -0.39 is 55.0 Å². The summed E-state index contributed by atoms with van der Waals surface area (Å²) in [5.74, 6) is -3.12. The fourth-order valence-electron chi connectivity index (χ4n) is 4.14. The standard InChI is InChI=1S/C24H22ClNO10/c1-10-14(9-17(28)35-24-20(31)18(29)19(30)21(36-24)23(33)34)15-8-13(27)6-7-16(15)26(10)22(32)11-2-4-12(25)5-3-11/h2-8,18-21,24,27,29-31H,9H2,1H3,(H,33,34)/t18-,19-,20+,21-,24+/m0/s1. The zero-order valence-corrected chi connectivity index (χ0v) is 19.5. The number of aliphatic hydroxyl groups excluding tert-OH is 3. The number of carboxylic acid groups (broad SMARTS) is 1. The highest BCUT2D eigenvalue weighted by atomic mass is 35.5. The average molecular weight is 520 g/mol. The van der Waals surface area contributed by atoms with Gasteiger partial charge in [0.25, 0.3) is 5.91 Å². The average Bonchev–Trinajstić information content (AvgIpc) is 3.09. The molecule has 0 spiro atoms. The van der Waals surface area contributed by atoms with E-state index in [2.05, 4.69) is 0 Å². The van der Waals surface area contributed by atoms with E-state index in [9.17, 15) is 34.8 Å². The Bertz CT molecular complexity index is 1330. The number of aromatic hydroxyl groups is 1. The molecule has 5 N–H and O–H groups in total. The molecule has 190 valence electrons. The second kappa shape index (κ2) is 9.88. The Hall–Kier alpha value is -3.48. The van der Waals surface area contributed by atoms with Crippen LogP contribution in [0, 0.1) is 6.92 Å². The third-order valence-corrected chi connectivity index (χ3v) is 6.25. The first-order valence-electron chi connectivity index (χ1n) is 10.7. The number of carbonyl (C=O) groups is 3. The monoisotopic (exact) mass is 519 g/mol. The number of carboxylic acids is 1. The minimum atomic E-state index is -1.94. The highest BCUT2D eigenvalue weighted by Crippen LogP contribution is 2.31. The highest BCUT2D eigenvalue weighted by Gasteiger charge is 2.48. The Balaban J connectivity index is 1.65. The summed E-state index contributed by atoms with van der Waals surface area (Å²) in [6, 6.07) is 10.5. The molecule has 5 atom stereocenters. The Kier molecular flexibility index (Phi) is 7.03. The number of hydrogen-bond acceptors (Lipinski definition) is 9. The quantitative estimate of drug-likeness (QED) is 0.305. The molecular formula is C24H22ClNO10. The van der Waals surface area contributed by atoms with Gasteiger partial charge in [-0.05, 0) is 55.0 Å². The maximum Gasteiger partial charge on any atom is 0.335 e. The molecule has 2 heterocycles. The van der Waals surface area contributed by atoms with Crippen LogP contribution in [-0.4, -0.2) is 78.7 Å². The maximum absolute atomic E-state index is 13.3. The van der Waals surface area contributed by atoms with Crippen molar-refractivity contribution in [3.05, 3.63) is 64.3 Å². The summed E-state index contributed by atoms with van der Waals surface area (Å²) in [6.07, 6.45) is -10.0. The van der Waals surface area contributed by atoms with Gasteiger partial charge >= 0.3 is 11.9 Å². The number of esters is 1. The first kappa shape index (κ1) is 25.6. The minimum Gasteiger partial charge on any atom is -0.508 e. The number of phenolic OH excluding ortho intramolecular Hbond substituents is 1. The van der Waals surface area contributed by atoms with Crippen molar-refractivity contribution < 1.29 is 49.4 Å².